The first-order valence-electron chi connectivity index (χ1n) is 7.55. The quantitative estimate of drug-likeness (QED) is 0.771. The lowest BCUT2D eigenvalue weighted by molar-refractivity contribution is 0.102. The number of nitrogens with zero attached hydrogens (tertiary/aromatic N) is 2. The van der Waals surface area contributed by atoms with Gasteiger partial charge in [0.1, 0.15) is 5.69 Å². The third-order valence-electron chi connectivity index (χ3n) is 3.59. The summed E-state index contributed by atoms with van der Waals surface area (Å²) in [5, 5.41) is 11.6. The summed E-state index contributed by atoms with van der Waals surface area (Å²) in [7, 11) is 0. The number of hydrogen-bond donors (Lipinski definition) is 2. The smallest absolute Gasteiger partial charge is 0.321 e. The predicted molar refractivity (Wildman–Crippen MR) is 94.1 cm³/mol. The summed E-state index contributed by atoms with van der Waals surface area (Å²) in [5.41, 5.74) is 2.65. The molecule has 25 heavy (non-hydrogen) atoms. The first-order valence-corrected chi connectivity index (χ1v) is 7.55. The summed E-state index contributed by atoms with van der Waals surface area (Å²) in [4.78, 5) is 30.6. The summed E-state index contributed by atoms with van der Waals surface area (Å²) in [6.07, 6.45) is 0. The number of aromatic amines is 1. The van der Waals surface area contributed by atoms with Crippen molar-refractivity contribution in [1.29, 1.82) is 5.26 Å². The van der Waals surface area contributed by atoms with Gasteiger partial charge >= 0.3 is 5.69 Å². The van der Waals surface area contributed by atoms with E-state index in [0.29, 0.717) is 16.9 Å². The summed E-state index contributed by atoms with van der Waals surface area (Å²) >= 11 is 0. The fourth-order valence-electron chi connectivity index (χ4n) is 2.32. The van der Waals surface area contributed by atoms with Crippen LogP contribution in [0.2, 0.25) is 0 Å². The molecule has 1 heterocycles. The Morgan fingerprint density at radius 1 is 1.16 bits per heavy atom. The van der Waals surface area contributed by atoms with Gasteiger partial charge in [0.2, 0.25) is 0 Å². The monoisotopic (exact) mass is 330 g/mol. The van der Waals surface area contributed by atoms with Crippen molar-refractivity contribution >= 4 is 11.6 Å². The van der Waals surface area contributed by atoms with Gasteiger partial charge in [-0.05, 0) is 31.2 Å². The number of carbonyl (C=O) groups excluding carboxylic acids is 1. The molecule has 0 radical (unpaired) electrons. The van der Waals surface area contributed by atoms with Crippen LogP contribution < -0.4 is 11.0 Å². The molecule has 0 bridgehead atoms. The maximum absolute atomic E-state index is 12.4. The minimum atomic E-state index is -0.603. The van der Waals surface area contributed by atoms with Gasteiger partial charge in [-0.15, -0.1) is 0 Å². The Morgan fingerprint density at radius 2 is 1.92 bits per heavy atom. The average molecular weight is 330 g/mol. The third kappa shape index (κ3) is 3.79. The van der Waals surface area contributed by atoms with Gasteiger partial charge in [-0.2, -0.15) is 10.2 Å². The molecule has 0 aliphatic carbocycles. The van der Waals surface area contributed by atoms with E-state index in [1.165, 1.54) is 6.07 Å². The number of aromatic nitrogens is 2. The highest BCUT2D eigenvalue weighted by molar-refractivity contribution is 6.03. The first-order chi connectivity index (χ1) is 12.0. The molecule has 0 spiro atoms. The number of nitriles is 1. The molecular weight excluding hydrogens is 316 g/mol. The lowest BCUT2D eigenvalue weighted by Gasteiger charge is -2.07. The van der Waals surface area contributed by atoms with E-state index in [-0.39, 0.29) is 5.69 Å². The molecule has 0 saturated carbocycles. The lowest BCUT2D eigenvalue weighted by Crippen LogP contribution is -2.21. The van der Waals surface area contributed by atoms with Crippen LogP contribution in [0, 0.1) is 18.3 Å². The summed E-state index contributed by atoms with van der Waals surface area (Å²) in [5.74, 6) is -0.483. The molecular formula is C19H14N4O2. The average Bonchev–Trinajstić information content (AvgIpc) is 2.62. The second-order valence-corrected chi connectivity index (χ2v) is 5.50. The number of H-pyrrole nitrogens is 1. The Morgan fingerprint density at radius 3 is 2.64 bits per heavy atom. The van der Waals surface area contributed by atoms with E-state index in [1.54, 1.807) is 24.3 Å². The number of hydrogen-bond acceptors (Lipinski definition) is 4. The second-order valence-electron chi connectivity index (χ2n) is 5.50. The molecule has 0 saturated heterocycles. The summed E-state index contributed by atoms with van der Waals surface area (Å²) in [6, 6.07) is 17.6. The Bertz CT molecular complexity index is 1030. The van der Waals surface area contributed by atoms with E-state index >= 15 is 0 Å². The molecule has 122 valence electrons. The molecule has 0 aliphatic rings. The van der Waals surface area contributed by atoms with Crippen LogP contribution in [0.1, 0.15) is 21.6 Å². The van der Waals surface area contributed by atoms with Crippen molar-refractivity contribution in [2.75, 3.05) is 5.32 Å². The van der Waals surface area contributed by atoms with Gasteiger partial charge < -0.3 is 10.3 Å². The fraction of sp³-hybridized carbons (Fsp3) is 0.0526. The normalized spacial score (nSPS) is 10.1. The number of rotatable bonds is 3. The van der Waals surface area contributed by atoms with E-state index in [4.69, 9.17) is 5.26 Å². The fourth-order valence-corrected chi connectivity index (χ4v) is 2.32. The number of nitrogens with one attached hydrogen (secondary N) is 2. The number of anilines is 1. The number of benzene rings is 2. The molecule has 6 heteroatoms. The molecule has 2 aromatic carbocycles. The first kappa shape index (κ1) is 16.1. The van der Waals surface area contributed by atoms with Crippen molar-refractivity contribution < 1.29 is 4.79 Å². The van der Waals surface area contributed by atoms with Gasteiger partial charge in [0.15, 0.2) is 0 Å². The standard InChI is InChI=1S/C19H14N4O2/c1-12-5-7-14(8-6-12)16-10-17(23-19(25)22-16)18(24)21-15-4-2-3-13(9-15)11-20/h2-10H,1H3,(H,21,24)(H,22,23,25). The van der Waals surface area contributed by atoms with Gasteiger partial charge in [-0.25, -0.2) is 4.79 Å². The van der Waals surface area contributed by atoms with Gasteiger partial charge in [0.05, 0.1) is 17.3 Å². The maximum Gasteiger partial charge on any atom is 0.346 e. The molecule has 1 amide bonds. The molecule has 0 aliphatic heterocycles. The Hall–Kier alpha value is -3.72. The zero-order valence-electron chi connectivity index (χ0n) is 13.4. The summed E-state index contributed by atoms with van der Waals surface area (Å²) < 4.78 is 0. The second kappa shape index (κ2) is 6.81. The third-order valence-corrected chi connectivity index (χ3v) is 3.59. The molecule has 2 N–H and O–H groups in total. The van der Waals surface area contributed by atoms with E-state index in [0.717, 1.165) is 11.1 Å². The van der Waals surface area contributed by atoms with Crippen LogP contribution in [0.3, 0.4) is 0 Å². The zero-order valence-corrected chi connectivity index (χ0v) is 13.4. The molecule has 3 rings (SSSR count). The Labute approximate surface area is 143 Å². The van der Waals surface area contributed by atoms with Gasteiger partial charge in [0, 0.05) is 11.3 Å². The van der Waals surface area contributed by atoms with Crippen LogP contribution in [0.4, 0.5) is 5.69 Å². The largest absolute Gasteiger partial charge is 0.346 e. The number of amides is 1. The van der Waals surface area contributed by atoms with E-state index < -0.39 is 11.6 Å². The topological polar surface area (TPSA) is 98.6 Å². The number of aryl methyl sites for hydroxylation is 1. The Balaban J connectivity index is 1.91. The minimum absolute atomic E-state index is 0.0953. The number of carbonyl (C=O) groups is 1. The van der Waals surface area contributed by atoms with Crippen molar-refractivity contribution in [3.63, 3.8) is 0 Å². The van der Waals surface area contributed by atoms with Crippen LogP contribution in [0.15, 0.2) is 59.4 Å². The summed E-state index contributed by atoms with van der Waals surface area (Å²) in [6.45, 7) is 1.96. The Kier molecular flexibility index (Phi) is 4.40. The van der Waals surface area contributed by atoms with Crippen molar-refractivity contribution in [2.45, 2.75) is 6.92 Å². The van der Waals surface area contributed by atoms with Crippen molar-refractivity contribution in [1.82, 2.24) is 9.97 Å². The molecule has 1 aromatic heterocycles. The zero-order chi connectivity index (χ0) is 17.8. The van der Waals surface area contributed by atoms with Crippen LogP contribution >= 0.6 is 0 Å². The van der Waals surface area contributed by atoms with E-state index in [1.807, 2.05) is 37.3 Å². The highest BCUT2D eigenvalue weighted by Gasteiger charge is 2.11. The van der Waals surface area contributed by atoms with Gasteiger partial charge in [0.25, 0.3) is 5.91 Å². The van der Waals surface area contributed by atoms with Crippen LogP contribution in [-0.2, 0) is 0 Å². The molecule has 0 atom stereocenters. The lowest BCUT2D eigenvalue weighted by atomic mass is 10.1. The molecule has 0 fully saturated rings. The van der Waals surface area contributed by atoms with Crippen molar-refractivity contribution in [3.8, 4) is 17.3 Å². The molecule has 3 aromatic rings. The van der Waals surface area contributed by atoms with Crippen molar-refractivity contribution in [3.05, 3.63) is 81.9 Å². The van der Waals surface area contributed by atoms with Gasteiger partial charge in [-0.1, -0.05) is 35.9 Å². The van der Waals surface area contributed by atoms with Crippen LogP contribution in [0.5, 0.6) is 0 Å². The maximum atomic E-state index is 12.4. The minimum Gasteiger partial charge on any atom is -0.321 e. The predicted octanol–water partition coefficient (Wildman–Crippen LogP) is 2.87. The highest BCUT2D eigenvalue weighted by atomic mass is 16.2. The molecule has 0 unspecified atom stereocenters. The van der Waals surface area contributed by atoms with Gasteiger partial charge in [-0.3, -0.25) is 4.79 Å². The van der Waals surface area contributed by atoms with E-state index in [2.05, 4.69) is 15.3 Å². The highest BCUT2D eigenvalue weighted by Crippen LogP contribution is 2.17. The van der Waals surface area contributed by atoms with Crippen molar-refractivity contribution in [2.24, 2.45) is 0 Å². The van der Waals surface area contributed by atoms with E-state index in [9.17, 15) is 9.59 Å². The SMILES string of the molecule is Cc1ccc(-c2cc(C(=O)Nc3cccc(C#N)c3)[nH]c(=O)n2)cc1. The van der Waals surface area contributed by atoms with Crippen LogP contribution in [-0.4, -0.2) is 15.9 Å². The molecule has 6 nitrogen and oxygen atoms in total. The van der Waals surface area contributed by atoms with Crippen LogP contribution in [0.25, 0.3) is 11.3 Å².